The molecule has 6 nitrogen and oxygen atoms in total. The summed E-state index contributed by atoms with van der Waals surface area (Å²) in [4.78, 5) is 26.7. The van der Waals surface area contributed by atoms with Gasteiger partial charge in [0.25, 0.3) is 5.76 Å². The number of benzene rings is 1. The van der Waals surface area contributed by atoms with Crippen molar-refractivity contribution in [1.29, 1.82) is 0 Å². The van der Waals surface area contributed by atoms with Crippen molar-refractivity contribution >= 4 is 29.3 Å². The number of methoxy groups -OCH3 is 1. The number of anilines is 1. The fourth-order valence-corrected chi connectivity index (χ4v) is 3.97. The van der Waals surface area contributed by atoms with Gasteiger partial charge in [-0.2, -0.15) is 8.78 Å². The van der Waals surface area contributed by atoms with E-state index in [1.54, 1.807) is 30.3 Å². The summed E-state index contributed by atoms with van der Waals surface area (Å²) in [5, 5.41) is 2.80. The number of amides is 1. The number of hydrogen-bond acceptors (Lipinski definition) is 5. The zero-order valence-electron chi connectivity index (χ0n) is 16.0. The Labute approximate surface area is 172 Å². The summed E-state index contributed by atoms with van der Waals surface area (Å²) in [7, 11) is 1.37. The lowest BCUT2D eigenvalue weighted by molar-refractivity contribution is -0.117. The van der Waals surface area contributed by atoms with Gasteiger partial charge in [0.15, 0.2) is 0 Å². The van der Waals surface area contributed by atoms with E-state index in [1.165, 1.54) is 7.11 Å². The maximum absolute atomic E-state index is 12.4. The third-order valence-electron chi connectivity index (χ3n) is 4.85. The number of alkyl halides is 2. The molecule has 0 spiro atoms. The molecule has 0 unspecified atom stereocenters. The molecule has 2 aromatic rings. The molecule has 0 bridgehead atoms. The number of esters is 1. The van der Waals surface area contributed by atoms with Gasteiger partial charge in [-0.05, 0) is 49.2 Å². The number of thioether (sulfide) groups is 1. The molecule has 29 heavy (non-hydrogen) atoms. The lowest BCUT2D eigenvalue weighted by Gasteiger charge is -2.32. The normalized spacial score (nSPS) is 15.4. The Bertz CT molecular complexity index is 834. The molecule has 0 atom stereocenters. The van der Waals surface area contributed by atoms with Crippen molar-refractivity contribution < 1.29 is 23.1 Å². The highest BCUT2D eigenvalue weighted by molar-refractivity contribution is 7.99. The van der Waals surface area contributed by atoms with Crippen LogP contribution in [0.5, 0.6) is 0 Å². The van der Waals surface area contributed by atoms with Gasteiger partial charge in [-0.1, -0.05) is 11.8 Å². The lowest BCUT2D eigenvalue weighted by Crippen LogP contribution is -2.40. The standard InChI is InChI=1S/C20H23F2N3O3S/c1-28-19(27)17-3-2-10-25(17)15-8-11-24(12-9-15)13-18(26)23-14-4-6-16(7-5-14)29-20(21)22/h2-7,10,15,20H,8-9,11-13H2,1H3,(H,23,26). The minimum Gasteiger partial charge on any atom is -0.464 e. The van der Waals surface area contributed by atoms with Crippen molar-refractivity contribution in [2.75, 3.05) is 32.1 Å². The third kappa shape index (κ3) is 5.80. The van der Waals surface area contributed by atoms with Crippen molar-refractivity contribution in [2.45, 2.75) is 29.5 Å². The minimum atomic E-state index is -2.46. The first-order valence-electron chi connectivity index (χ1n) is 9.28. The molecule has 0 aliphatic carbocycles. The van der Waals surface area contributed by atoms with E-state index in [1.807, 2.05) is 16.8 Å². The molecular formula is C20H23F2N3O3S. The highest BCUT2D eigenvalue weighted by atomic mass is 32.2. The van der Waals surface area contributed by atoms with Gasteiger partial charge >= 0.3 is 5.97 Å². The first-order valence-corrected chi connectivity index (χ1v) is 10.2. The van der Waals surface area contributed by atoms with Gasteiger partial charge in [0, 0.05) is 35.9 Å². The number of rotatable bonds is 7. The SMILES string of the molecule is COC(=O)c1cccn1C1CCN(CC(=O)Nc2ccc(SC(F)F)cc2)CC1. The fraction of sp³-hybridized carbons (Fsp3) is 0.400. The second-order valence-electron chi connectivity index (χ2n) is 6.75. The molecule has 1 saturated heterocycles. The van der Waals surface area contributed by atoms with Crippen molar-refractivity contribution in [3.05, 3.63) is 48.3 Å². The maximum Gasteiger partial charge on any atom is 0.354 e. The Morgan fingerprint density at radius 2 is 1.90 bits per heavy atom. The number of likely N-dealkylation sites (tertiary alicyclic amines) is 1. The molecule has 1 aromatic carbocycles. The second-order valence-corrected chi connectivity index (χ2v) is 7.81. The molecule has 0 saturated carbocycles. The highest BCUT2D eigenvalue weighted by Crippen LogP contribution is 2.27. The van der Waals surface area contributed by atoms with Crippen LogP contribution in [0.3, 0.4) is 0 Å². The van der Waals surface area contributed by atoms with E-state index in [4.69, 9.17) is 4.74 Å². The average molecular weight is 423 g/mol. The Morgan fingerprint density at radius 1 is 1.21 bits per heavy atom. The van der Waals surface area contributed by atoms with Crippen LogP contribution in [0.2, 0.25) is 0 Å². The summed E-state index contributed by atoms with van der Waals surface area (Å²) in [6.07, 6.45) is 3.53. The van der Waals surface area contributed by atoms with E-state index in [2.05, 4.69) is 10.2 Å². The van der Waals surface area contributed by atoms with Crippen LogP contribution in [0.25, 0.3) is 0 Å². The number of nitrogens with zero attached hydrogens (tertiary/aromatic N) is 2. The quantitative estimate of drug-likeness (QED) is 0.541. The number of carbonyl (C=O) groups excluding carboxylic acids is 2. The van der Waals surface area contributed by atoms with Crippen molar-refractivity contribution in [3.63, 3.8) is 0 Å². The molecule has 1 aromatic heterocycles. The summed E-state index contributed by atoms with van der Waals surface area (Å²) in [5.41, 5.74) is 1.12. The molecule has 1 N–H and O–H groups in total. The summed E-state index contributed by atoms with van der Waals surface area (Å²) in [6, 6.07) is 10.1. The Kier molecular flexibility index (Phi) is 7.27. The molecule has 1 aliphatic rings. The smallest absolute Gasteiger partial charge is 0.354 e. The molecular weight excluding hydrogens is 400 g/mol. The number of piperidine rings is 1. The summed E-state index contributed by atoms with van der Waals surface area (Å²) in [6.45, 7) is 1.73. The van der Waals surface area contributed by atoms with Crippen LogP contribution in [0.15, 0.2) is 47.5 Å². The second kappa shape index (κ2) is 9.89. The van der Waals surface area contributed by atoms with Crippen molar-refractivity contribution in [3.8, 4) is 0 Å². The van der Waals surface area contributed by atoms with E-state index < -0.39 is 5.76 Å². The lowest BCUT2D eigenvalue weighted by atomic mass is 10.0. The van der Waals surface area contributed by atoms with Crippen LogP contribution in [0.4, 0.5) is 14.5 Å². The largest absolute Gasteiger partial charge is 0.464 e. The monoisotopic (exact) mass is 423 g/mol. The first kappa shape index (κ1) is 21.3. The molecule has 1 aliphatic heterocycles. The first-order chi connectivity index (χ1) is 14.0. The van der Waals surface area contributed by atoms with Gasteiger partial charge < -0.3 is 14.6 Å². The van der Waals surface area contributed by atoms with Crippen LogP contribution < -0.4 is 5.32 Å². The Morgan fingerprint density at radius 3 is 2.52 bits per heavy atom. The molecule has 9 heteroatoms. The van der Waals surface area contributed by atoms with Gasteiger partial charge in [0.1, 0.15) is 5.69 Å². The number of halogens is 2. The number of aromatic nitrogens is 1. The number of hydrogen-bond donors (Lipinski definition) is 1. The Hall–Kier alpha value is -2.39. The maximum atomic E-state index is 12.4. The van der Waals surface area contributed by atoms with Gasteiger partial charge in [-0.15, -0.1) is 0 Å². The number of nitrogens with one attached hydrogen (secondary N) is 1. The number of carbonyl (C=O) groups is 2. The highest BCUT2D eigenvalue weighted by Gasteiger charge is 2.24. The summed E-state index contributed by atoms with van der Waals surface area (Å²) in [5.74, 6) is -2.96. The third-order valence-corrected chi connectivity index (χ3v) is 5.58. The van der Waals surface area contributed by atoms with Gasteiger partial charge in [-0.25, -0.2) is 4.79 Å². The van der Waals surface area contributed by atoms with Crippen LogP contribution in [0, 0.1) is 0 Å². The molecule has 3 rings (SSSR count). The zero-order chi connectivity index (χ0) is 20.8. The van der Waals surface area contributed by atoms with Crippen LogP contribution in [0.1, 0.15) is 29.4 Å². The van der Waals surface area contributed by atoms with E-state index >= 15 is 0 Å². The molecule has 1 amide bonds. The zero-order valence-corrected chi connectivity index (χ0v) is 16.8. The van der Waals surface area contributed by atoms with Crippen LogP contribution in [-0.2, 0) is 9.53 Å². The Balaban J connectivity index is 1.47. The molecule has 2 heterocycles. The van der Waals surface area contributed by atoms with Crippen LogP contribution in [-0.4, -0.2) is 53.8 Å². The van der Waals surface area contributed by atoms with Crippen molar-refractivity contribution in [2.24, 2.45) is 0 Å². The van der Waals surface area contributed by atoms with E-state index in [9.17, 15) is 18.4 Å². The van der Waals surface area contributed by atoms with Gasteiger partial charge in [0.05, 0.1) is 13.7 Å². The van der Waals surface area contributed by atoms with Crippen LogP contribution >= 0.6 is 11.8 Å². The topological polar surface area (TPSA) is 63.6 Å². The number of ether oxygens (including phenoxy) is 1. The van der Waals surface area contributed by atoms with Gasteiger partial charge in [-0.3, -0.25) is 9.69 Å². The minimum absolute atomic E-state index is 0.145. The predicted octanol–water partition coefficient (Wildman–Crippen LogP) is 3.87. The van der Waals surface area contributed by atoms with E-state index in [-0.39, 0.29) is 24.5 Å². The summed E-state index contributed by atoms with van der Waals surface area (Å²) < 4.78 is 31.5. The molecule has 0 radical (unpaired) electrons. The van der Waals surface area contributed by atoms with Gasteiger partial charge in [0.2, 0.25) is 5.91 Å². The molecule has 156 valence electrons. The van der Waals surface area contributed by atoms with E-state index in [0.29, 0.717) is 28.0 Å². The summed E-state index contributed by atoms with van der Waals surface area (Å²) >= 11 is 0.472. The van der Waals surface area contributed by atoms with E-state index in [0.717, 1.165) is 25.9 Å². The predicted molar refractivity (Wildman–Crippen MR) is 107 cm³/mol. The average Bonchev–Trinajstić information content (AvgIpc) is 3.19. The van der Waals surface area contributed by atoms with Crippen molar-refractivity contribution in [1.82, 2.24) is 9.47 Å². The fourth-order valence-electron chi connectivity index (χ4n) is 3.47. The molecule has 1 fully saturated rings.